The Balaban J connectivity index is 1.67. The zero-order chi connectivity index (χ0) is 21.3. The number of nitrogens with one attached hydrogen (secondary N) is 1. The van der Waals surface area contributed by atoms with Crippen LogP contribution in [0.4, 0.5) is 23.4 Å². The molecule has 1 N–H and O–H groups in total. The molecule has 158 valence electrons. The molecule has 30 heavy (non-hydrogen) atoms. The third kappa shape index (κ3) is 4.55. The average Bonchev–Trinajstić information content (AvgIpc) is 3.28. The van der Waals surface area contributed by atoms with Crippen LogP contribution in [0.5, 0.6) is 5.75 Å². The molecule has 1 aromatic carbocycles. The molecule has 1 fully saturated rings. The second kappa shape index (κ2) is 7.97. The van der Waals surface area contributed by atoms with Crippen molar-refractivity contribution >= 4 is 17.4 Å². The number of anilines is 1. The van der Waals surface area contributed by atoms with Crippen LogP contribution in [0.3, 0.4) is 0 Å². The SMILES string of the molecule is O=C(CC1CCCC1)Nc1nc2ccc(F)cn2c1-c1ccc(OC(F)(F)F)cc1. The van der Waals surface area contributed by atoms with Crippen LogP contribution < -0.4 is 10.1 Å². The molecule has 0 radical (unpaired) electrons. The van der Waals surface area contributed by atoms with Gasteiger partial charge in [0, 0.05) is 18.2 Å². The standard InChI is InChI=1S/C21H19F4N3O2/c22-15-7-10-17-26-20(27-18(29)11-13-3-1-2-4-13)19(28(17)12-15)14-5-8-16(9-6-14)30-21(23,24)25/h5-10,12-13H,1-4,11H2,(H,27,29). The van der Waals surface area contributed by atoms with Gasteiger partial charge in [-0.15, -0.1) is 13.2 Å². The zero-order valence-electron chi connectivity index (χ0n) is 15.9. The molecule has 0 unspecified atom stereocenters. The number of alkyl halides is 3. The summed E-state index contributed by atoms with van der Waals surface area (Å²) in [6.07, 6.45) is 1.04. The van der Waals surface area contributed by atoms with E-state index < -0.39 is 12.2 Å². The van der Waals surface area contributed by atoms with Crippen molar-refractivity contribution in [1.29, 1.82) is 0 Å². The predicted octanol–water partition coefficient (Wildman–Crippen LogP) is 5.56. The summed E-state index contributed by atoms with van der Waals surface area (Å²) >= 11 is 0. The number of aromatic nitrogens is 2. The van der Waals surface area contributed by atoms with E-state index in [1.807, 2.05) is 0 Å². The van der Waals surface area contributed by atoms with Gasteiger partial charge in [-0.2, -0.15) is 0 Å². The summed E-state index contributed by atoms with van der Waals surface area (Å²) in [6.45, 7) is 0. The molecule has 0 atom stereocenters. The van der Waals surface area contributed by atoms with Crippen molar-refractivity contribution in [1.82, 2.24) is 9.38 Å². The van der Waals surface area contributed by atoms with E-state index in [0.717, 1.165) is 37.8 Å². The van der Waals surface area contributed by atoms with E-state index in [2.05, 4.69) is 15.0 Å². The number of hydrogen-bond acceptors (Lipinski definition) is 3. The van der Waals surface area contributed by atoms with E-state index in [1.165, 1.54) is 34.9 Å². The minimum atomic E-state index is -4.80. The molecule has 1 aliphatic carbocycles. The van der Waals surface area contributed by atoms with Crippen molar-refractivity contribution in [2.45, 2.75) is 38.5 Å². The van der Waals surface area contributed by atoms with Gasteiger partial charge in [-0.05, 0) is 55.2 Å². The van der Waals surface area contributed by atoms with Gasteiger partial charge < -0.3 is 10.1 Å². The van der Waals surface area contributed by atoms with Gasteiger partial charge >= 0.3 is 6.36 Å². The number of nitrogens with zero attached hydrogens (tertiary/aromatic N) is 2. The third-order valence-corrected chi connectivity index (χ3v) is 5.15. The Hall–Kier alpha value is -3.10. The average molecular weight is 421 g/mol. The van der Waals surface area contributed by atoms with Crippen LogP contribution >= 0.6 is 0 Å². The van der Waals surface area contributed by atoms with Crippen molar-refractivity contribution in [3.8, 4) is 17.0 Å². The van der Waals surface area contributed by atoms with Gasteiger partial charge in [0.25, 0.3) is 0 Å². The molecule has 0 bridgehead atoms. The van der Waals surface area contributed by atoms with Crippen molar-refractivity contribution in [3.63, 3.8) is 0 Å². The number of hydrogen-bond donors (Lipinski definition) is 1. The number of carbonyl (C=O) groups is 1. The van der Waals surface area contributed by atoms with E-state index in [1.54, 1.807) is 0 Å². The number of pyridine rings is 1. The second-order valence-corrected chi connectivity index (χ2v) is 7.36. The van der Waals surface area contributed by atoms with Gasteiger partial charge in [0.1, 0.15) is 17.2 Å². The molecule has 1 amide bonds. The number of fused-ring (bicyclic) bond motifs is 1. The molecule has 2 aromatic heterocycles. The van der Waals surface area contributed by atoms with Crippen LogP contribution in [0.25, 0.3) is 16.9 Å². The van der Waals surface area contributed by atoms with Crippen LogP contribution in [-0.2, 0) is 4.79 Å². The van der Waals surface area contributed by atoms with E-state index in [4.69, 9.17) is 0 Å². The fraction of sp³-hybridized carbons (Fsp3) is 0.333. The molecular formula is C21H19F4N3O2. The molecule has 4 rings (SSSR count). The Morgan fingerprint density at radius 3 is 2.50 bits per heavy atom. The number of rotatable bonds is 5. The van der Waals surface area contributed by atoms with Gasteiger partial charge in [-0.25, -0.2) is 9.37 Å². The van der Waals surface area contributed by atoms with Gasteiger partial charge in [0.2, 0.25) is 5.91 Å². The molecular weight excluding hydrogens is 402 g/mol. The molecule has 9 heteroatoms. The fourth-order valence-corrected chi connectivity index (χ4v) is 3.86. The number of benzene rings is 1. The molecule has 3 aromatic rings. The first-order valence-electron chi connectivity index (χ1n) is 9.62. The number of carbonyl (C=O) groups excluding carboxylic acids is 1. The molecule has 2 heterocycles. The van der Waals surface area contributed by atoms with Crippen LogP contribution in [0.15, 0.2) is 42.6 Å². The number of amides is 1. The lowest BCUT2D eigenvalue weighted by Gasteiger charge is -2.11. The third-order valence-electron chi connectivity index (χ3n) is 5.15. The van der Waals surface area contributed by atoms with Crippen LogP contribution in [0.2, 0.25) is 0 Å². The maximum atomic E-state index is 13.8. The molecule has 0 saturated heterocycles. The quantitative estimate of drug-likeness (QED) is 0.549. The Morgan fingerprint density at radius 1 is 1.13 bits per heavy atom. The van der Waals surface area contributed by atoms with E-state index >= 15 is 0 Å². The van der Waals surface area contributed by atoms with Crippen molar-refractivity contribution in [3.05, 3.63) is 48.4 Å². The lowest BCUT2D eigenvalue weighted by atomic mass is 10.0. The summed E-state index contributed by atoms with van der Waals surface area (Å²) in [6, 6.07) is 7.84. The number of imidazole rings is 1. The number of ether oxygens (including phenoxy) is 1. The normalized spacial score (nSPS) is 14.9. The Labute approximate surface area is 169 Å². The molecule has 5 nitrogen and oxygen atoms in total. The monoisotopic (exact) mass is 421 g/mol. The summed E-state index contributed by atoms with van der Waals surface area (Å²) in [7, 11) is 0. The highest BCUT2D eigenvalue weighted by molar-refractivity contribution is 5.94. The zero-order valence-corrected chi connectivity index (χ0v) is 15.9. The lowest BCUT2D eigenvalue weighted by Crippen LogP contribution is -2.17. The van der Waals surface area contributed by atoms with Crippen molar-refractivity contribution in [2.24, 2.45) is 5.92 Å². The Bertz CT molecular complexity index is 1050. The highest BCUT2D eigenvalue weighted by atomic mass is 19.4. The van der Waals surface area contributed by atoms with Gasteiger partial charge in [0.15, 0.2) is 5.82 Å². The predicted molar refractivity (Wildman–Crippen MR) is 102 cm³/mol. The second-order valence-electron chi connectivity index (χ2n) is 7.36. The van der Waals surface area contributed by atoms with Gasteiger partial charge in [0.05, 0.1) is 5.69 Å². The summed E-state index contributed by atoms with van der Waals surface area (Å²) in [5, 5.41) is 2.79. The maximum Gasteiger partial charge on any atom is 0.573 e. The smallest absolute Gasteiger partial charge is 0.406 e. The highest BCUT2D eigenvalue weighted by Gasteiger charge is 2.31. The minimum Gasteiger partial charge on any atom is -0.406 e. The Morgan fingerprint density at radius 2 is 1.83 bits per heavy atom. The fourth-order valence-electron chi connectivity index (χ4n) is 3.86. The highest BCUT2D eigenvalue weighted by Crippen LogP contribution is 2.33. The lowest BCUT2D eigenvalue weighted by molar-refractivity contribution is -0.274. The molecule has 0 aliphatic heterocycles. The van der Waals surface area contributed by atoms with Crippen LogP contribution in [0.1, 0.15) is 32.1 Å². The Kier molecular flexibility index (Phi) is 5.36. The van der Waals surface area contributed by atoms with Crippen LogP contribution in [-0.4, -0.2) is 21.7 Å². The summed E-state index contributed by atoms with van der Waals surface area (Å²) in [5.41, 5.74) is 1.24. The molecule has 1 saturated carbocycles. The van der Waals surface area contributed by atoms with Crippen molar-refractivity contribution < 1.29 is 27.1 Å². The van der Waals surface area contributed by atoms with E-state index in [0.29, 0.717) is 29.2 Å². The van der Waals surface area contributed by atoms with Crippen LogP contribution in [0, 0.1) is 11.7 Å². The summed E-state index contributed by atoms with van der Waals surface area (Å²) in [5.74, 6) is -0.515. The topological polar surface area (TPSA) is 55.6 Å². The van der Waals surface area contributed by atoms with Gasteiger partial charge in [-0.3, -0.25) is 9.20 Å². The van der Waals surface area contributed by atoms with Crippen molar-refractivity contribution in [2.75, 3.05) is 5.32 Å². The summed E-state index contributed by atoms with van der Waals surface area (Å²) in [4.78, 5) is 16.9. The first-order chi connectivity index (χ1) is 14.3. The number of halogens is 4. The first kappa shape index (κ1) is 20.2. The molecule has 0 spiro atoms. The minimum absolute atomic E-state index is 0.191. The van der Waals surface area contributed by atoms with E-state index in [-0.39, 0.29) is 17.5 Å². The summed E-state index contributed by atoms with van der Waals surface area (Å²) < 4.78 is 56.5. The van der Waals surface area contributed by atoms with E-state index in [9.17, 15) is 22.4 Å². The largest absolute Gasteiger partial charge is 0.573 e. The molecule has 1 aliphatic rings. The maximum absolute atomic E-state index is 13.8. The first-order valence-corrected chi connectivity index (χ1v) is 9.62. The van der Waals surface area contributed by atoms with Gasteiger partial charge in [-0.1, -0.05) is 12.8 Å².